The first-order chi connectivity index (χ1) is 10.3. The number of hydrogen-bond donors (Lipinski definition) is 1. The highest BCUT2D eigenvalue weighted by Crippen LogP contribution is 2.34. The van der Waals surface area contributed by atoms with Gasteiger partial charge in [0.05, 0.1) is 0 Å². The van der Waals surface area contributed by atoms with E-state index in [4.69, 9.17) is 0 Å². The van der Waals surface area contributed by atoms with Gasteiger partial charge in [0.25, 0.3) is 0 Å². The van der Waals surface area contributed by atoms with Gasteiger partial charge in [0.1, 0.15) is 0 Å². The summed E-state index contributed by atoms with van der Waals surface area (Å²) in [5.41, 5.74) is 0. The molecule has 0 spiro atoms. The summed E-state index contributed by atoms with van der Waals surface area (Å²) >= 11 is 4.39. The van der Waals surface area contributed by atoms with E-state index in [1.807, 2.05) is 0 Å². The van der Waals surface area contributed by atoms with Crippen LogP contribution in [0.3, 0.4) is 0 Å². The molecule has 0 aromatic carbocycles. The molecule has 1 saturated heterocycles. The zero-order valence-electron chi connectivity index (χ0n) is 14.5. The molecule has 3 heteroatoms. The predicted molar refractivity (Wildman–Crippen MR) is 103 cm³/mol. The van der Waals surface area contributed by atoms with Gasteiger partial charge in [-0.1, -0.05) is 72.1 Å². The van der Waals surface area contributed by atoms with E-state index >= 15 is 0 Å². The maximum atomic E-state index is 3.77. The van der Waals surface area contributed by atoms with Crippen molar-refractivity contribution in [1.29, 1.82) is 0 Å². The van der Waals surface area contributed by atoms with Crippen LogP contribution in [0.1, 0.15) is 78.6 Å². The smallest absolute Gasteiger partial charge is 0.0317 e. The summed E-state index contributed by atoms with van der Waals surface area (Å²) in [7, 11) is 0. The van der Waals surface area contributed by atoms with Crippen molar-refractivity contribution in [3.63, 3.8) is 0 Å². The van der Waals surface area contributed by atoms with E-state index < -0.39 is 0 Å². The van der Waals surface area contributed by atoms with Crippen LogP contribution in [0.4, 0.5) is 0 Å². The molecule has 1 aliphatic rings. The third-order valence-electron chi connectivity index (χ3n) is 4.47. The largest absolute Gasteiger partial charge is 0.313 e. The van der Waals surface area contributed by atoms with Gasteiger partial charge in [-0.2, -0.15) is 23.5 Å². The van der Waals surface area contributed by atoms with Crippen molar-refractivity contribution in [2.45, 2.75) is 95.1 Å². The van der Waals surface area contributed by atoms with Crippen LogP contribution in [-0.2, 0) is 0 Å². The Balaban J connectivity index is 2.13. The van der Waals surface area contributed by atoms with Crippen molar-refractivity contribution < 1.29 is 0 Å². The quantitative estimate of drug-likeness (QED) is 0.458. The Morgan fingerprint density at radius 1 is 0.905 bits per heavy atom. The molecule has 0 saturated carbocycles. The molecule has 1 aliphatic heterocycles. The van der Waals surface area contributed by atoms with Crippen LogP contribution in [0.5, 0.6) is 0 Å². The first-order valence-corrected chi connectivity index (χ1v) is 11.4. The second kappa shape index (κ2) is 13.1. The van der Waals surface area contributed by atoms with E-state index in [1.165, 1.54) is 69.3 Å². The molecule has 126 valence electrons. The van der Waals surface area contributed by atoms with Crippen molar-refractivity contribution in [2.24, 2.45) is 0 Å². The minimum Gasteiger partial charge on any atom is -0.313 e. The van der Waals surface area contributed by atoms with Gasteiger partial charge in [0, 0.05) is 28.0 Å². The van der Waals surface area contributed by atoms with Crippen molar-refractivity contribution >= 4 is 23.5 Å². The lowest BCUT2D eigenvalue weighted by atomic mass is 10.0. The molecule has 0 bridgehead atoms. The lowest BCUT2D eigenvalue weighted by Gasteiger charge is -2.35. The molecular weight excluding hydrogens is 294 g/mol. The molecular formula is C18H37NS2. The summed E-state index contributed by atoms with van der Waals surface area (Å²) in [5, 5.41) is 5.42. The van der Waals surface area contributed by atoms with Crippen molar-refractivity contribution in [1.82, 2.24) is 5.32 Å². The van der Waals surface area contributed by atoms with Crippen LogP contribution in [-0.4, -0.2) is 34.6 Å². The standard InChI is InChI=1S/C18H37NS2/c1-4-6-7-8-9-10-11-12-13-17(19-5-2)18-16(3)20-14-15-21-18/h16-19H,4-15H2,1-3H3. The fraction of sp³-hybridized carbons (Fsp3) is 1.00. The Kier molecular flexibility index (Phi) is 12.3. The average molecular weight is 332 g/mol. The molecule has 0 aromatic heterocycles. The molecule has 3 atom stereocenters. The SMILES string of the molecule is CCCCCCCCCCC(NCC)C1SCCSC1C. The average Bonchev–Trinajstić information content (AvgIpc) is 2.49. The first-order valence-electron chi connectivity index (χ1n) is 9.26. The normalized spacial score (nSPS) is 24.1. The maximum absolute atomic E-state index is 3.77. The van der Waals surface area contributed by atoms with Crippen molar-refractivity contribution in [3.8, 4) is 0 Å². The molecule has 1 N–H and O–H groups in total. The van der Waals surface area contributed by atoms with E-state index in [0.29, 0.717) is 0 Å². The monoisotopic (exact) mass is 331 g/mol. The number of unbranched alkanes of at least 4 members (excludes halogenated alkanes) is 7. The molecule has 3 unspecified atom stereocenters. The maximum Gasteiger partial charge on any atom is 0.0317 e. The second-order valence-corrected chi connectivity index (χ2v) is 9.11. The van der Waals surface area contributed by atoms with Gasteiger partial charge in [-0.05, 0) is 13.0 Å². The zero-order valence-corrected chi connectivity index (χ0v) is 16.2. The lowest BCUT2D eigenvalue weighted by molar-refractivity contribution is 0.445. The fourth-order valence-electron chi connectivity index (χ4n) is 3.23. The van der Waals surface area contributed by atoms with E-state index in [2.05, 4.69) is 49.6 Å². The topological polar surface area (TPSA) is 12.0 Å². The number of rotatable bonds is 12. The van der Waals surface area contributed by atoms with E-state index in [1.54, 1.807) is 0 Å². The summed E-state index contributed by atoms with van der Waals surface area (Å²) in [6.07, 6.45) is 12.8. The summed E-state index contributed by atoms with van der Waals surface area (Å²) in [6, 6.07) is 0.739. The van der Waals surface area contributed by atoms with Crippen molar-refractivity contribution in [2.75, 3.05) is 18.1 Å². The second-order valence-electron chi connectivity index (χ2n) is 6.34. The van der Waals surface area contributed by atoms with Gasteiger partial charge >= 0.3 is 0 Å². The number of hydrogen-bond acceptors (Lipinski definition) is 3. The molecule has 0 radical (unpaired) electrons. The Bertz CT molecular complexity index is 235. The molecule has 1 nitrogen and oxygen atoms in total. The summed E-state index contributed by atoms with van der Waals surface area (Å²) < 4.78 is 0. The van der Waals surface area contributed by atoms with Crippen LogP contribution in [0, 0.1) is 0 Å². The van der Waals surface area contributed by atoms with E-state index in [0.717, 1.165) is 23.1 Å². The fourth-order valence-corrected chi connectivity index (χ4v) is 6.23. The minimum absolute atomic E-state index is 0.739. The third-order valence-corrected chi connectivity index (χ3v) is 7.72. The molecule has 0 amide bonds. The number of nitrogens with one attached hydrogen (secondary N) is 1. The van der Waals surface area contributed by atoms with E-state index in [9.17, 15) is 0 Å². The van der Waals surface area contributed by atoms with Gasteiger partial charge in [-0.15, -0.1) is 0 Å². The van der Waals surface area contributed by atoms with Gasteiger partial charge in [0.2, 0.25) is 0 Å². The molecule has 0 aliphatic carbocycles. The minimum atomic E-state index is 0.739. The molecule has 1 heterocycles. The number of thioether (sulfide) groups is 2. The van der Waals surface area contributed by atoms with E-state index in [-0.39, 0.29) is 0 Å². The third kappa shape index (κ3) is 8.76. The molecule has 0 aromatic rings. The van der Waals surface area contributed by atoms with Gasteiger partial charge in [-0.25, -0.2) is 0 Å². The van der Waals surface area contributed by atoms with Crippen LogP contribution < -0.4 is 5.32 Å². The Labute approximate surface area is 142 Å². The summed E-state index contributed by atoms with van der Waals surface area (Å²) in [5.74, 6) is 2.69. The Hall–Kier alpha value is 0.660. The highest BCUT2D eigenvalue weighted by molar-refractivity contribution is 8.07. The van der Waals surface area contributed by atoms with Crippen LogP contribution in [0.25, 0.3) is 0 Å². The summed E-state index contributed by atoms with van der Waals surface area (Å²) in [4.78, 5) is 0. The van der Waals surface area contributed by atoms with Crippen molar-refractivity contribution in [3.05, 3.63) is 0 Å². The molecule has 21 heavy (non-hydrogen) atoms. The van der Waals surface area contributed by atoms with Gasteiger partial charge in [0.15, 0.2) is 0 Å². The van der Waals surface area contributed by atoms with Crippen LogP contribution in [0.15, 0.2) is 0 Å². The summed E-state index contributed by atoms with van der Waals surface area (Å²) in [6.45, 7) is 8.10. The van der Waals surface area contributed by atoms with Crippen LogP contribution >= 0.6 is 23.5 Å². The van der Waals surface area contributed by atoms with Gasteiger partial charge < -0.3 is 5.32 Å². The highest BCUT2D eigenvalue weighted by Gasteiger charge is 2.29. The predicted octanol–water partition coefficient (Wildman–Crippen LogP) is 5.73. The van der Waals surface area contributed by atoms with Gasteiger partial charge in [-0.3, -0.25) is 0 Å². The lowest BCUT2D eigenvalue weighted by Crippen LogP contribution is -2.44. The Morgan fingerprint density at radius 2 is 1.52 bits per heavy atom. The molecule has 1 fully saturated rings. The van der Waals surface area contributed by atoms with Crippen LogP contribution in [0.2, 0.25) is 0 Å². The highest BCUT2D eigenvalue weighted by atomic mass is 32.2. The molecule has 1 rings (SSSR count). The first kappa shape index (κ1) is 19.7. The zero-order chi connectivity index (χ0) is 15.3. The Morgan fingerprint density at radius 3 is 2.14 bits per heavy atom.